The Morgan fingerprint density at radius 2 is 0.896 bits per heavy atom. The van der Waals surface area contributed by atoms with Crippen LogP contribution in [0.3, 0.4) is 0 Å². The van der Waals surface area contributed by atoms with Crippen LogP contribution in [0.15, 0.2) is 184 Å². The molecule has 1 nitrogen and oxygen atoms in total. The van der Waals surface area contributed by atoms with E-state index in [0.717, 1.165) is 5.39 Å². The van der Waals surface area contributed by atoms with Crippen molar-refractivity contribution < 1.29 is 0 Å². The predicted octanol–water partition coefficient (Wildman–Crippen LogP) is 13.3. The second kappa shape index (κ2) is 11.1. The fourth-order valence-corrected chi connectivity index (χ4v) is 9.50. The van der Waals surface area contributed by atoms with Crippen LogP contribution >= 0.6 is 23.5 Å². The SMILES string of the molecule is c1ccc2c(c1)Sc1ccc(-c3cc(-c4ccc5cnccc5c4)ccc3-c3ccc4c5ccccc5c5ccccc5c4c3)cc1S2. The van der Waals surface area contributed by atoms with Gasteiger partial charge < -0.3 is 0 Å². The van der Waals surface area contributed by atoms with Crippen molar-refractivity contribution in [3.8, 4) is 33.4 Å². The third-order valence-corrected chi connectivity index (χ3v) is 12.1. The topological polar surface area (TPSA) is 12.9 Å². The average Bonchev–Trinajstić information content (AvgIpc) is 3.16. The van der Waals surface area contributed by atoms with Crippen LogP contribution in [0.2, 0.25) is 0 Å². The van der Waals surface area contributed by atoms with Gasteiger partial charge in [0.25, 0.3) is 0 Å². The van der Waals surface area contributed by atoms with Crippen LogP contribution in [-0.4, -0.2) is 4.98 Å². The zero-order valence-corrected chi connectivity index (χ0v) is 27.5. The van der Waals surface area contributed by atoms with Crippen molar-refractivity contribution in [2.45, 2.75) is 19.6 Å². The van der Waals surface area contributed by atoms with Crippen LogP contribution in [0.5, 0.6) is 0 Å². The molecule has 0 spiro atoms. The van der Waals surface area contributed by atoms with Gasteiger partial charge in [-0.2, -0.15) is 0 Å². The summed E-state index contributed by atoms with van der Waals surface area (Å²) in [5.41, 5.74) is 7.32. The summed E-state index contributed by atoms with van der Waals surface area (Å²) in [5, 5.41) is 10.1. The summed E-state index contributed by atoms with van der Waals surface area (Å²) in [4.78, 5) is 9.58. The third-order valence-electron chi connectivity index (χ3n) is 9.59. The fraction of sp³-hybridized carbons (Fsp3) is 0. The van der Waals surface area contributed by atoms with E-state index in [-0.39, 0.29) is 0 Å². The van der Waals surface area contributed by atoms with E-state index < -0.39 is 0 Å². The van der Waals surface area contributed by atoms with Crippen molar-refractivity contribution in [3.63, 3.8) is 0 Å². The number of rotatable bonds is 3. The predicted molar refractivity (Wildman–Crippen MR) is 205 cm³/mol. The van der Waals surface area contributed by atoms with Gasteiger partial charge in [-0.25, -0.2) is 0 Å². The smallest absolute Gasteiger partial charge is 0.0346 e. The number of hydrogen-bond donors (Lipinski definition) is 0. The summed E-state index contributed by atoms with van der Waals surface area (Å²) in [5.74, 6) is 0. The minimum Gasteiger partial charge on any atom is -0.264 e. The van der Waals surface area contributed by atoms with Crippen molar-refractivity contribution in [3.05, 3.63) is 164 Å². The highest BCUT2D eigenvalue weighted by Crippen LogP contribution is 2.50. The summed E-state index contributed by atoms with van der Waals surface area (Å²) in [6.07, 6.45) is 3.80. The maximum absolute atomic E-state index is 4.32. The lowest BCUT2D eigenvalue weighted by molar-refractivity contribution is 1.16. The maximum atomic E-state index is 4.32. The Hall–Kier alpha value is -5.35. The molecule has 8 aromatic carbocycles. The third kappa shape index (κ3) is 4.54. The number of benzene rings is 8. The number of hydrogen-bond acceptors (Lipinski definition) is 3. The van der Waals surface area contributed by atoms with Gasteiger partial charge in [0, 0.05) is 37.4 Å². The van der Waals surface area contributed by atoms with Crippen molar-refractivity contribution in [2.75, 3.05) is 0 Å². The van der Waals surface area contributed by atoms with Crippen LogP contribution < -0.4 is 0 Å². The molecule has 0 saturated carbocycles. The first-order valence-electron chi connectivity index (χ1n) is 16.2. The molecule has 48 heavy (non-hydrogen) atoms. The second-order valence-corrected chi connectivity index (χ2v) is 14.5. The van der Waals surface area contributed by atoms with Crippen LogP contribution in [0.1, 0.15) is 0 Å². The highest BCUT2D eigenvalue weighted by Gasteiger charge is 2.19. The monoisotopic (exact) mass is 645 g/mol. The molecule has 0 fully saturated rings. The summed E-state index contributed by atoms with van der Waals surface area (Å²) in [6.45, 7) is 0. The minimum absolute atomic E-state index is 1.15. The summed E-state index contributed by atoms with van der Waals surface area (Å²) >= 11 is 3.74. The van der Waals surface area contributed by atoms with Gasteiger partial charge in [0.1, 0.15) is 0 Å². The fourth-order valence-electron chi connectivity index (χ4n) is 7.25. The van der Waals surface area contributed by atoms with Gasteiger partial charge in [0.2, 0.25) is 0 Å². The van der Waals surface area contributed by atoms with Gasteiger partial charge in [-0.15, -0.1) is 0 Å². The zero-order chi connectivity index (χ0) is 31.6. The molecule has 2 heterocycles. The van der Waals surface area contributed by atoms with E-state index in [1.165, 1.54) is 90.7 Å². The highest BCUT2D eigenvalue weighted by molar-refractivity contribution is 8.05. The molecule has 224 valence electrons. The average molecular weight is 646 g/mol. The largest absolute Gasteiger partial charge is 0.264 e. The number of nitrogens with zero attached hydrogens (tertiary/aromatic N) is 1. The molecule has 1 aromatic heterocycles. The van der Waals surface area contributed by atoms with E-state index >= 15 is 0 Å². The van der Waals surface area contributed by atoms with Gasteiger partial charge in [-0.3, -0.25) is 4.98 Å². The molecule has 0 amide bonds. The first-order valence-corrected chi connectivity index (χ1v) is 17.8. The standard InChI is InChI=1S/C45H27NS2/c1-2-9-37-35(7-1)36-8-3-4-10-38(36)41-25-31(16-19-39(37)41)34-18-15-29(28-13-14-33-27-46-22-21-30(33)23-28)24-40(34)32-17-20-44-45(26-32)48-43-12-6-5-11-42(43)47-44/h1-27H. The molecule has 0 atom stereocenters. The normalized spacial score (nSPS) is 12.4. The Bertz CT molecular complexity index is 2710. The van der Waals surface area contributed by atoms with Crippen LogP contribution in [0.4, 0.5) is 0 Å². The lowest BCUT2D eigenvalue weighted by Crippen LogP contribution is -1.92. The van der Waals surface area contributed by atoms with Crippen molar-refractivity contribution >= 4 is 66.6 Å². The molecule has 0 N–H and O–H groups in total. The first-order chi connectivity index (χ1) is 23.8. The van der Waals surface area contributed by atoms with Crippen molar-refractivity contribution in [1.82, 2.24) is 4.98 Å². The molecule has 0 saturated heterocycles. The molecule has 3 heteroatoms. The molecule has 9 aromatic rings. The van der Waals surface area contributed by atoms with E-state index in [4.69, 9.17) is 0 Å². The van der Waals surface area contributed by atoms with Gasteiger partial charge in [0.05, 0.1) is 0 Å². The summed E-state index contributed by atoms with van der Waals surface area (Å²) in [6, 6.07) is 56.1. The van der Waals surface area contributed by atoms with Gasteiger partial charge in [0.15, 0.2) is 0 Å². The first kappa shape index (κ1) is 27.7. The van der Waals surface area contributed by atoms with Gasteiger partial charge in [-0.1, -0.05) is 127 Å². The maximum Gasteiger partial charge on any atom is 0.0346 e. The van der Waals surface area contributed by atoms with E-state index in [1.807, 2.05) is 35.9 Å². The highest BCUT2D eigenvalue weighted by atomic mass is 32.2. The van der Waals surface area contributed by atoms with Crippen molar-refractivity contribution in [1.29, 1.82) is 0 Å². The van der Waals surface area contributed by atoms with E-state index in [2.05, 4.69) is 157 Å². The molecule has 0 aliphatic carbocycles. The zero-order valence-electron chi connectivity index (χ0n) is 25.9. The number of pyridine rings is 1. The Labute approximate surface area is 287 Å². The molecule has 0 unspecified atom stereocenters. The quantitative estimate of drug-likeness (QED) is 0.177. The molecular formula is C45H27NS2. The Kier molecular flexibility index (Phi) is 6.43. The lowest BCUT2D eigenvalue weighted by atomic mass is 9.88. The molecule has 0 bridgehead atoms. The lowest BCUT2D eigenvalue weighted by Gasteiger charge is -2.20. The molecule has 1 aliphatic rings. The van der Waals surface area contributed by atoms with E-state index in [0.29, 0.717) is 0 Å². The van der Waals surface area contributed by atoms with Crippen LogP contribution in [-0.2, 0) is 0 Å². The second-order valence-electron chi connectivity index (χ2n) is 12.4. The summed E-state index contributed by atoms with van der Waals surface area (Å²) < 4.78 is 0. The molecule has 1 aliphatic heterocycles. The van der Waals surface area contributed by atoms with Crippen LogP contribution in [0.25, 0.3) is 76.5 Å². The molecular weight excluding hydrogens is 619 g/mol. The Balaban J connectivity index is 1.19. The Morgan fingerprint density at radius 3 is 1.67 bits per heavy atom. The van der Waals surface area contributed by atoms with Crippen LogP contribution in [0, 0.1) is 0 Å². The van der Waals surface area contributed by atoms with Crippen molar-refractivity contribution in [2.24, 2.45) is 0 Å². The van der Waals surface area contributed by atoms with Gasteiger partial charge >= 0.3 is 0 Å². The minimum atomic E-state index is 1.15. The molecule has 0 radical (unpaired) electrons. The van der Waals surface area contributed by atoms with E-state index in [1.54, 1.807) is 0 Å². The molecule has 10 rings (SSSR count). The van der Waals surface area contributed by atoms with E-state index in [9.17, 15) is 0 Å². The number of fused-ring (bicyclic) bond motifs is 9. The van der Waals surface area contributed by atoms with Gasteiger partial charge in [-0.05, 0) is 120 Å². The number of aromatic nitrogens is 1. The Morgan fingerprint density at radius 1 is 0.333 bits per heavy atom. The summed E-state index contributed by atoms with van der Waals surface area (Å²) in [7, 11) is 0.